The lowest BCUT2D eigenvalue weighted by Gasteiger charge is -2.01. The molecule has 3 nitrogen and oxygen atoms in total. The number of rotatable bonds is 3. The first-order valence-electron chi connectivity index (χ1n) is 5.51. The van der Waals surface area contributed by atoms with Gasteiger partial charge in [0.1, 0.15) is 10.4 Å². The molecule has 19 heavy (non-hydrogen) atoms. The first-order chi connectivity index (χ1) is 9.13. The van der Waals surface area contributed by atoms with Crippen molar-refractivity contribution in [2.75, 3.05) is 5.32 Å². The van der Waals surface area contributed by atoms with Gasteiger partial charge in [-0.1, -0.05) is 29.8 Å². The molecule has 0 unspecified atom stereocenters. The fourth-order valence-electron chi connectivity index (χ4n) is 1.39. The first-order valence-corrected chi connectivity index (χ1v) is 6.68. The van der Waals surface area contributed by atoms with E-state index in [2.05, 4.69) is 26.2 Å². The number of anilines is 1. The molecule has 0 bridgehead atoms. The van der Waals surface area contributed by atoms with Gasteiger partial charge < -0.3 is 5.32 Å². The molecule has 1 aromatic carbocycles. The number of nitrogens with one attached hydrogen (secondary N) is 1. The van der Waals surface area contributed by atoms with Crippen LogP contribution in [-0.4, -0.2) is 10.9 Å². The Morgan fingerprint density at radius 1 is 1.21 bits per heavy atom. The van der Waals surface area contributed by atoms with Crippen molar-refractivity contribution in [1.82, 2.24) is 4.98 Å². The van der Waals surface area contributed by atoms with Crippen LogP contribution in [0.25, 0.3) is 6.08 Å². The zero-order valence-corrected chi connectivity index (χ0v) is 12.1. The van der Waals surface area contributed by atoms with E-state index in [0.29, 0.717) is 15.4 Å². The topological polar surface area (TPSA) is 42.0 Å². The second-order valence-electron chi connectivity index (χ2n) is 3.72. The van der Waals surface area contributed by atoms with Crippen LogP contribution in [0.5, 0.6) is 0 Å². The summed E-state index contributed by atoms with van der Waals surface area (Å²) >= 11 is 9.02. The SMILES string of the molecule is O=C(/C=C/c1ccc(Cl)cc1)Nc1cccc(Br)n1. The molecule has 0 aliphatic carbocycles. The van der Waals surface area contributed by atoms with Crippen molar-refractivity contribution in [3.05, 3.63) is 63.7 Å². The van der Waals surface area contributed by atoms with Gasteiger partial charge in [0.25, 0.3) is 0 Å². The van der Waals surface area contributed by atoms with Gasteiger partial charge >= 0.3 is 0 Å². The Bertz CT molecular complexity index is 611. The Morgan fingerprint density at radius 3 is 2.63 bits per heavy atom. The Morgan fingerprint density at radius 2 is 1.95 bits per heavy atom. The standard InChI is InChI=1S/C14H10BrClN2O/c15-12-2-1-3-13(17-12)18-14(19)9-6-10-4-7-11(16)8-5-10/h1-9H,(H,17,18,19)/b9-6+. The molecule has 0 radical (unpaired) electrons. The minimum Gasteiger partial charge on any atom is -0.307 e. The maximum atomic E-state index is 11.7. The molecule has 1 aromatic heterocycles. The number of hydrogen-bond donors (Lipinski definition) is 1. The third kappa shape index (κ3) is 4.50. The average Bonchev–Trinajstić information content (AvgIpc) is 2.38. The lowest BCUT2D eigenvalue weighted by Crippen LogP contribution is -2.08. The third-order valence-electron chi connectivity index (χ3n) is 2.26. The lowest BCUT2D eigenvalue weighted by atomic mass is 10.2. The van der Waals surface area contributed by atoms with Crippen LogP contribution in [-0.2, 0) is 4.79 Å². The van der Waals surface area contributed by atoms with Crippen molar-refractivity contribution in [2.45, 2.75) is 0 Å². The van der Waals surface area contributed by atoms with Crippen molar-refractivity contribution in [2.24, 2.45) is 0 Å². The van der Waals surface area contributed by atoms with E-state index in [1.54, 1.807) is 36.4 Å². The van der Waals surface area contributed by atoms with E-state index in [-0.39, 0.29) is 5.91 Å². The summed E-state index contributed by atoms with van der Waals surface area (Å²) in [6, 6.07) is 12.5. The Balaban J connectivity index is 1.99. The van der Waals surface area contributed by atoms with Crippen LogP contribution in [0, 0.1) is 0 Å². The molecule has 0 saturated carbocycles. The van der Waals surface area contributed by atoms with Crippen LogP contribution < -0.4 is 5.32 Å². The lowest BCUT2D eigenvalue weighted by molar-refractivity contribution is -0.111. The molecule has 0 fully saturated rings. The maximum Gasteiger partial charge on any atom is 0.249 e. The molecule has 0 saturated heterocycles. The van der Waals surface area contributed by atoms with Crippen molar-refractivity contribution < 1.29 is 4.79 Å². The summed E-state index contributed by atoms with van der Waals surface area (Å²) in [6.45, 7) is 0. The van der Waals surface area contributed by atoms with E-state index in [0.717, 1.165) is 5.56 Å². The van der Waals surface area contributed by atoms with Gasteiger partial charge in [0.15, 0.2) is 0 Å². The summed E-state index contributed by atoms with van der Waals surface area (Å²) in [5.41, 5.74) is 0.904. The van der Waals surface area contributed by atoms with Gasteiger partial charge in [0.2, 0.25) is 5.91 Å². The van der Waals surface area contributed by atoms with Gasteiger partial charge in [0, 0.05) is 11.1 Å². The second kappa shape index (κ2) is 6.50. The minimum absolute atomic E-state index is 0.236. The molecule has 1 amide bonds. The molecule has 1 N–H and O–H groups in total. The van der Waals surface area contributed by atoms with Crippen LogP contribution in [0.15, 0.2) is 53.1 Å². The fourth-order valence-corrected chi connectivity index (χ4v) is 1.86. The Kier molecular flexibility index (Phi) is 4.71. The van der Waals surface area contributed by atoms with E-state index < -0.39 is 0 Å². The van der Waals surface area contributed by atoms with Gasteiger partial charge in [-0.2, -0.15) is 0 Å². The number of carbonyl (C=O) groups excluding carboxylic acids is 1. The minimum atomic E-state index is -0.236. The largest absolute Gasteiger partial charge is 0.307 e. The summed E-state index contributed by atoms with van der Waals surface area (Å²) in [5.74, 6) is 0.265. The third-order valence-corrected chi connectivity index (χ3v) is 2.96. The molecular formula is C14H10BrClN2O. The normalized spacial score (nSPS) is 10.6. The van der Waals surface area contributed by atoms with Gasteiger partial charge in [-0.25, -0.2) is 4.98 Å². The van der Waals surface area contributed by atoms with Gasteiger partial charge in [-0.3, -0.25) is 4.79 Å². The first kappa shape index (κ1) is 13.8. The molecule has 0 aliphatic rings. The molecule has 1 heterocycles. The van der Waals surface area contributed by atoms with E-state index in [1.807, 2.05) is 12.1 Å². The number of amides is 1. The van der Waals surface area contributed by atoms with Crippen LogP contribution in [0.2, 0.25) is 5.02 Å². The number of pyridine rings is 1. The summed E-state index contributed by atoms with van der Waals surface area (Å²) < 4.78 is 0.673. The highest BCUT2D eigenvalue weighted by molar-refractivity contribution is 9.10. The van der Waals surface area contributed by atoms with Crippen molar-refractivity contribution in [3.63, 3.8) is 0 Å². The predicted molar refractivity (Wildman–Crippen MR) is 81.1 cm³/mol. The summed E-state index contributed by atoms with van der Waals surface area (Å²) in [7, 11) is 0. The number of aromatic nitrogens is 1. The summed E-state index contributed by atoms with van der Waals surface area (Å²) in [4.78, 5) is 15.8. The van der Waals surface area contributed by atoms with Crippen LogP contribution in [0.4, 0.5) is 5.82 Å². The number of nitrogens with zero attached hydrogens (tertiary/aromatic N) is 1. The quantitative estimate of drug-likeness (QED) is 0.675. The van der Waals surface area contributed by atoms with E-state index >= 15 is 0 Å². The zero-order valence-electron chi connectivity index (χ0n) is 9.81. The maximum absolute atomic E-state index is 11.7. The number of hydrogen-bond acceptors (Lipinski definition) is 2. The summed E-state index contributed by atoms with van der Waals surface area (Å²) in [5, 5.41) is 3.34. The van der Waals surface area contributed by atoms with Crippen molar-refractivity contribution >= 4 is 45.3 Å². The molecule has 0 spiro atoms. The fraction of sp³-hybridized carbons (Fsp3) is 0. The highest BCUT2D eigenvalue weighted by atomic mass is 79.9. The van der Waals surface area contributed by atoms with E-state index in [4.69, 9.17) is 11.6 Å². The van der Waals surface area contributed by atoms with E-state index in [1.165, 1.54) is 6.08 Å². The molecule has 0 atom stereocenters. The number of carbonyl (C=O) groups is 1. The smallest absolute Gasteiger partial charge is 0.249 e. The van der Waals surface area contributed by atoms with Gasteiger partial charge in [-0.15, -0.1) is 0 Å². The van der Waals surface area contributed by atoms with Crippen molar-refractivity contribution in [3.8, 4) is 0 Å². The molecule has 0 aliphatic heterocycles. The Labute approximate surface area is 124 Å². The van der Waals surface area contributed by atoms with E-state index in [9.17, 15) is 4.79 Å². The highest BCUT2D eigenvalue weighted by Crippen LogP contribution is 2.12. The molecule has 2 aromatic rings. The van der Waals surface area contributed by atoms with Crippen LogP contribution >= 0.6 is 27.5 Å². The van der Waals surface area contributed by atoms with Crippen molar-refractivity contribution in [1.29, 1.82) is 0 Å². The highest BCUT2D eigenvalue weighted by Gasteiger charge is 1.99. The monoisotopic (exact) mass is 336 g/mol. The summed E-state index contributed by atoms with van der Waals surface area (Å²) in [6.07, 6.45) is 3.16. The number of halogens is 2. The predicted octanol–water partition coefficient (Wildman–Crippen LogP) is 4.15. The van der Waals surface area contributed by atoms with Crippen LogP contribution in [0.3, 0.4) is 0 Å². The zero-order chi connectivity index (χ0) is 13.7. The average molecular weight is 338 g/mol. The molecule has 2 rings (SSSR count). The van der Waals surface area contributed by atoms with Gasteiger partial charge in [0.05, 0.1) is 0 Å². The van der Waals surface area contributed by atoms with Gasteiger partial charge in [-0.05, 0) is 51.8 Å². The molecular weight excluding hydrogens is 328 g/mol. The molecule has 96 valence electrons. The second-order valence-corrected chi connectivity index (χ2v) is 4.97. The Hall–Kier alpha value is -1.65. The number of benzene rings is 1. The molecule has 5 heteroatoms. The van der Waals surface area contributed by atoms with Crippen LogP contribution in [0.1, 0.15) is 5.56 Å².